The van der Waals surface area contributed by atoms with Crippen LogP contribution < -0.4 is 5.32 Å². The summed E-state index contributed by atoms with van der Waals surface area (Å²) < 4.78 is 0. The maximum absolute atomic E-state index is 12.2. The summed E-state index contributed by atoms with van der Waals surface area (Å²) in [5, 5.41) is 3.36. The number of hydrogen-bond acceptors (Lipinski definition) is 2. The van der Waals surface area contributed by atoms with Gasteiger partial charge in [0.05, 0.1) is 6.54 Å². The van der Waals surface area contributed by atoms with Gasteiger partial charge in [0.2, 0.25) is 5.91 Å². The number of nitrogens with one attached hydrogen (secondary N) is 1. The van der Waals surface area contributed by atoms with Crippen molar-refractivity contribution < 1.29 is 4.79 Å². The normalized spacial score (nSPS) is 15.1. The van der Waals surface area contributed by atoms with E-state index < -0.39 is 0 Å². The number of hydrogen-bond donors (Lipinski definition) is 1. The minimum atomic E-state index is 0.308. The Labute approximate surface area is 170 Å². The Hall–Kier alpha value is -0.570. The molecule has 0 atom stereocenters. The van der Waals surface area contributed by atoms with Crippen molar-refractivity contribution in [1.82, 2.24) is 10.2 Å². The summed E-state index contributed by atoms with van der Waals surface area (Å²) >= 11 is 0. The van der Waals surface area contributed by atoms with Gasteiger partial charge in [-0.25, -0.2) is 0 Å². The maximum atomic E-state index is 12.2. The van der Waals surface area contributed by atoms with E-state index in [-0.39, 0.29) is 0 Å². The van der Waals surface area contributed by atoms with Crippen LogP contribution in [0.4, 0.5) is 0 Å². The second kappa shape index (κ2) is 18.8. The number of carbonyl (C=O) groups excluding carboxylic acids is 1. The van der Waals surface area contributed by atoms with Crippen LogP contribution in [0.5, 0.6) is 0 Å². The first kappa shape index (κ1) is 24.5. The molecule has 0 bridgehead atoms. The summed E-state index contributed by atoms with van der Waals surface area (Å²) in [5.41, 5.74) is 0. The quantitative estimate of drug-likeness (QED) is 0.294. The number of carbonyl (C=O) groups is 1. The van der Waals surface area contributed by atoms with E-state index >= 15 is 0 Å². The molecule has 1 heterocycles. The molecule has 3 heteroatoms. The van der Waals surface area contributed by atoms with Gasteiger partial charge in [-0.3, -0.25) is 4.79 Å². The molecule has 1 N–H and O–H groups in total. The van der Waals surface area contributed by atoms with Crippen LogP contribution in [0.15, 0.2) is 0 Å². The largest absolute Gasteiger partial charge is 0.342 e. The average molecular weight is 381 g/mol. The molecule has 1 rings (SSSR count). The van der Waals surface area contributed by atoms with Crippen molar-refractivity contribution in [3.63, 3.8) is 0 Å². The van der Waals surface area contributed by atoms with Crippen LogP contribution >= 0.6 is 0 Å². The summed E-state index contributed by atoms with van der Waals surface area (Å²) in [6, 6.07) is 0. The molecule has 0 radical (unpaired) electrons. The molecule has 1 fully saturated rings. The summed E-state index contributed by atoms with van der Waals surface area (Å²) in [7, 11) is 0. The fourth-order valence-corrected chi connectivity index (χ4v) is 4.07. The highest BCUT2D eigenvalue weighted by molar-refractivity contribution is 5.78. The zero-order chi connectivity index (χ0) is 19.4. The van der Waals surface area contributed by atoms with E-state index in [1.54, 1.807) is 0 Å². The van der Waals surface area contributed by atoms with Crippen molar-refractivity contribution in [2.45, 2.75) is 122 Å². The molecular formula is C24H48N2O. The van der Waals surface area contributed by atoms with Gasteiger partial charge in [-0.1, -0.05) is 103 Å². The second-order valence-corrected chi connectivity index (χ2v) is 8.57. The summed E-state index contributed by atoms with van der Waals surface area (Å²) in [6.07, 6.45) is 24.5. The van der Waals surface area contributed by atoms with Crippen LogP contribution in [-0.2, 0) is 4.79 Å². The van der Waals surface area contributed by atoms with Gasteiger partial charge in [-0.2, -0.15) is 0 Å². The van der Waals surface area contributed by atoms with Crippen molar-refractivity contribution in [1.29, 1.82) is 0 Å². The molecular weight excluding hydrogens is 332 g/mol. The van der Waals surface area contributed by atoms with Gasteiger partial charge in [0.25, 0.3) is 0 Å². The average Bonchev–Trinajstić information content (AvgIpc) is 2.97. The van der Waals surface area contributed by atoms with Gasteiger partial charge in [-0.05, 0) is 25.8 Å². The summed E-state index contributed by atoms with van der Waals surface area (Å²) in [4.78, 5) is 14.2. The fraction of sp³-hybridized carbons (Fsp3) is 0.958. The van der Waals surface area contributed by atoms with E-state index in [1.165, 1.54) is 116 Å². The number of likely N-dealkylation sites (tertiary alicyclic amines) is 1. The molecule has 160 valence electrons. The van der Waals surface area contributed by atoms with Crippen molar-refractivity contribution in [3.05, 3.63) is 0 Å². The SMILES string of the molecule is CCCCCCCCCCCCCCCCNCC(=O)N1CCCCCC1. The molecule has 3 nitrogen and oxygen atoms in total. The van der Waals surface area contributed by atoms with Gasteiger partial charge in [0.15, 0.2) is 0 Å². The third kappa shape index (κ3) is 15.1. The second-order valence-electron chi connectivity index (χ2n) is 8.57. The Bertz CT molecular complexity index is 324. The topological polar surface area (TPSA) is 32.3 Å². The van der Waals surface area contributed by atoms with E-state index in [0.717, 1.165) is 19.6 Å². The zero-order valence-corrected chi connectivity index (χ0v) is 18.4. The molecule has 1 saturated heterocycles. The molecule has 1 amide bonds. The molecule has 0 aromatic rings. The Kier molecular flexibility index (Phi) is 17.0. The summed E-state index contributed by atoms with van der Waals surface area (Å²) in [5.74, 6) is 0.308. The van der Waals surface area contributed by atoms with Crippen molar-refractivity contribution in [2.24, 2.45) is 0 Å². The first-order valence-corrected chi connectivity index (χ1v) is 12.3. The lowest BCUT2D eigenvalue weighted by atomic mass is 10.0. The molecule has 1 aliphatic rings. The molecule has 27 heavy (non-hydrogen) atoms. The lowest BCUT2D eigenvalue weighted by Crippen LogP contribution is -2.38. The Balaban J connectivity index is 1.76. The van der Waals surface area contributed by atoms with Crippen molar-refractivity contribution in [3.8, 4) is 0 Å². The van der Waals surface area contributed by atoms with Gasteiger partial charge in [0, 0.05) is 13.1 Å². The predicted octanol–water partition coefficient (Wildman–Crippen LogP) is 6.46. The van der Waals surface area contributed by atoms with E-state index in [9.17, 15) is 4.79 Å². The lowest BCUT2D eigenvalue weighted by Gasteiger charge is -2.20. The molecule has 1 aliphatic heterocycles. The molecule has 0 unspecified atom stereocenters. The molecule has 0 spiro atoms. The lowest BCUT2D eigenvalue weighted by molar-refractivity contribution is -0.130. The zero-order valence-electron chi connectivity index (χ0n) is 18.4. The van der Waals surface area contributed by atoms with Gasteiger partial charge in [0.1, 0.15) is 0 Å². The number of nitrogens with zero attached hydrogens (tertiary/aromatic N) is 1. The minimum Gasteiger partial charge on any atom is -0.342 e. The van der Waals surface area contributed by atoms with Gasteiger partial charge >= 0.3 is 0 Å². The first-order valence-electron chi connectivity index (χ1n) is 12.3. The first-order chi connectivity index (χ1) is 13.3. The van der Waals surface area contributed by atoms with Crippen LogP contribution in [0.3, 0.4) is 0 Å². The van der Waals surface area contributed by atoms with E-state index in [0.29, 0.717) is 12.5 Å². The smallest absolute Gasteiger partial charge is 0.236 e. The minimum absolute atomic E-state index is 0.308. The number of amides is 1. The molecule has 0 aromatic heterocycles. The third-order valence-electron chi connectivity index (χ3n) is 5.94. The summed E-state index contributed by atoms with van der Waals surface area (Å²) in [6.45, 7) is 5.77. The van der Waals surface area contributed by atoms with Gasteiger partial charge < -0.3 is 10.2 Å². The maximum Gasteiger partial charge on any atom is 0.236 e. The Morgan fingerprint density at radius 2 is 1.11 bits per heavy atom. The van der Waals surface area contributed by atoms with Crippen LogP contribution in [-0.4, -0.2) is 37.0 Å². The van der Waals surface area contributed by atoms with Crippen LogP contribution in [0.1, 0.15) is 122 Å². The Morgan fingerprint density at radius 3 is 1.59 bits per heavy atom. The van der Waals surface area contributed by atoms with E-state index in [1.807, 2.05) is 0 Å². The standard InChI is InChI=1S/C24H48N2O/c1-2-3-4-5-6-7-8-9-10-11-12-13-14-17-20-25-23-24(27)26-21-18-15-16-19-22-26/h25H,2-23H2,1H3. The predicted molar refractivity (Wildman–Crippen MR) is 118 cm³/mol. The molecule has 0 aliphatic carbocycles. The van der Waals surface area contributed by atoms with Gasteiger partial charge in [-0.15, -0.1) is 0 Å². The van der Waals surface area contributed by atoms with E-state index in [2.05, 4.69) is 17.1 Å². The monoisotopic (exact) mass is 380 g/mol. The van der Waals surface area contributed by atoms with Crippen LogP contribution in [0, 0.1) is 0 Å². The van der Waals surface area contributed by atoms with E-state index in [4.69, 9.17) is 0 Å². The fourth-order valence-electron chi connectivity index (χ4n) is 4.07. The highest BCUT2D eigenvalue weighted by atomic mass is 16.2. The van der Waals surface area contributed by atoms with Crippen LogP contribution in [0.2, 0.25) is 0 Å². The Morgan fingerprint density at radius 1 is 0.667 bits per heavy atom. The van der Waals surface area contributed by atoms with Crippen molar-refractivity contribution >= 4 is 5.91 Å². The highest BCUT2D eigenvalue weighted by Crippen LogP contribution is 2.13. The van der Waals surface area contributed by atoms with Crippen molar-refractivity contribution in [2.75, 3.05) is 26.2 Å². The third-order valence-corrected chi connectivity index (χ3v) is 5.94. The molecule has 0 aromatic carbocycles. The number of rotatable bonds is 17. The van der Waals surface area contributed by atoms with Crippen LogP contribution in [0.25, 0.3) is 0 Å². The molecule has 0 saturated carbocycles. The number of unbranched alkanes of at least 4 members (excludes halogenated alkanes) is 13. The highest BCUT2D eigenvalue weighted by Gasteiger charge is 2.14.